The molecular weight excluding hydrogens is 262 g/mol. The van der Waals surface area contributed by atoms with E-state index >= 15 is 0 Å². The van der Waals surface area contributed by atoms with Crippen molar-refractivity contribution in [1.82, 2.24) is 25.1 Å². The highest BCUT2D eigenvalue weighted by atomic mass is 15.3. The molecule has 1 atom stereocenters. The number of aryl methyl sites for hydroxylation is 2. The molecular formula is C16H21N5. The van der Waals surface area contributed by atoms with Gasteiger partial charge < -0.3 is 10.3 Å². The molecule has 0 radical (unpaired) electrons. The zero-order valence-electron chi connectivity index (χ0n) is 12.7. The quantitative estimate of drug-likeness (QED) is 0.757. The minimum absolute atomic E-state index is 0.169. The summed E-state index contributed by atoms with van der Waals surface area (Å²) in [5.41, 5.74) is 4.50. The van der Waals surface area contributed by atoms with Gasteiger partial charge in [-0.1, -0.05) is 19.1 Å². The molecule has 0 saturated heterocycles. The van der Waals surface area contributed by atoms with E-state index in [9.17, 15) is 0 Å². The topological polar surface area (TPSA) is 58.5 Å². The summed E-state index contributed by atoms with van der Waals surface area (Å²) >= 11 is 0. The minimum atomic E-state index is 0.169. The monoisotopic (exact) mass is 283 g/mol. The summed E-state index contributed by atoms with van der Waals surface area (Å²) in [6.45, 7) is 5.06. The molecule has 1 aromatic carbocycles. The lowest BCUT2D eigenvalue weighted by Crippen LogP contribution is -2.19. The fourth-order valence-electron chi connectivity index (χ4n) is 2.57. The van der Waals surface area contributed by atoms with Crippen LogP contribution in [0.5, 0.6) is 0 Å². The number of para-hydroxylation sites is 2. The van der Waals surface area contributed by atoms with Gasteiger partial charge in [-0.2, -0.15) is 5.10 Å². The van der Waals surface area contributed by atoms with Crippen LogP contribution in [0.2, 0.25) is 0 Å². The van der Waals surface area contributed by atoms with E-state index in [4.69, 9.17) is 0 Å². The highest BCUT2D eigenvalue weighted by Gasteiger charge is 2.12. The molecule has 0 aliphatic carbocycles. The Hall–Kier alpha value is -2.14. The molecule has 0 aliphatic rings. The van der Waals surface area contributed by atoms with Crippen molar-refractivity contribution in [3.05, 3.63) is 47.5 Å². The second-order valence-electron chi connectivity index (χ2n) is 5.37. The number of benzene rings is 1. The molecule has 5 heteroatoms. The zero-order valence-corrected chi connectivity index (χ0v) is 12.7. The van der Waals surface area contributed by atoms with Crippen molar-refractivity contribution in [3.8, 4) is 0 Å². The number of H-pyrrole nitrogens is 1. The molecule has 0 saturated carbocycles. The van der Waals surface area contributed by atoms with Crippen LogP contribution in [0, 0.1) is 0 Å². The van der Waals surface area contributed by atoms with Crippen molar-refractivity contribution in [2.24, 2.45) is 7.05 Å². The third-order valence-electron chi connectivity index (χ3n) is 3.74. The van der Waals surface area contributed by atoms with Crippen LogP contribution >= 0.6 is 0 Å². The van der Waals surface area contributed by atoms with Gasteiger partial charge in [-0.15, -0.1) is 0 Å². The van der Waals surface area contributed by atoms with E-state index in [2.05, 4.69) is 46.5 Å². The number of nitrogens with zero attached hydrogens (tertiary/aromatic N) is 3. The summed E-state index contributed by atoms with van der Waals surface area (Å²) in [6, 6.07) is 8.27. The standard InChI is InChI=1S/C16H21N5/c1-4-13-12(10-21(3)20-13)9-17-11(2)16-18-14-7-5-6-8-15(14)19-16/h5-8,10-11,17H,4,9H2,1-3H3,(H,18,19). The molecule has 3 rings (SSSR count). The Labute approximate surface area is 124 Å². The fourth-order valence-corrected chi connectivity index (χ4v) is 2.57. The highest BCUT2D eigenvalue weighted by molar-refractivity contribution is 5.74. The molecule has 5 nitrogen and oxygen atoms in total. The summed E-state index contributed by atoms with van der Waals surface area (Å²) < 4.78 is 1.88. The van der Waals surface area contributed by atoms with Gasteiger partial charge in [-0.25, -0.2) is 4.98 Å². The Kier molecular flexibility index (Phi) is 3.75. The smallest absolute Gasteiger partial charge is 0.124 e. The van der Waals surface area contributed by atoms with Gasteiger partial charge in [-0.3, -0.25) is 4.68 Å². The summed E-state index contributed by atoms with van der Waals surface area (Å²) in [4.78, 5) is 8.00. The number of aromatic nitrogens is 4. The third kappa shape index (κ3) is 2.83. The molecule has 110 valence electrons. The highest BCUT2D eigenvalue weighted by Crippen LogP contribution is 2.16. The maximum absolute atomic E-state index is 4.63. The fraction of sp³-hybridized carbons (Fsp3) is 0.375. The van der Waals surface area contributed by atoms with E-state index in [0.29, 0.717) is 0 Å². The van der Waals surface area contributed by atoms with Crippen LogP contribution in [-0.4, -0.2) is 19.7 Å². The lowest BCUT2D eigenvalue weighted by Gasteiger charge is -2.10. The van der Waals surface area contributed by atoms with Crippen LogP contribution in [0.3, 0.4) is 0 Å². The van der Waals surface area contributed by atoms with Crippen LogP contribution < -0.4 is 5.32 Å². The Morgan fingerprint density at radius 2 is 2.14 bits per heavy atom. The maximum atomic E-state index is 4.63. The van der Waals surface area contributed by atoms with Crippen molar-refractivity contribution in [1.29, 1.82) is 0 Å². The second-order valence-corrected chi connectivity index (χ2v) is 5.37. The molecule has 0 spiro atoms. The maximum Gasteiger partial charge on any atom is 0.124 e. The number of rotatable bonds is 5. The summed E-state index contributed by atoms with van der Waals surface area (Å²) in [5.74, 6) is 0.970. The lowest BCUT2D eigenvalue weighted by molar-refractivity contribution is 0.550. The van der Waals surface area contributed by atoms with E-state index in [-0.39, 0.29) is 6.04 Å². The minimum Gasteiger partial charge on any atom is -0.341 e. The predicted octanol–water partition coefficient (Wildman–Crippen LogP) is 2.71. The van der Waals surface area contributed by atoms with Gasteiger partial charge in [0.25, 0.3) is 0 Å². The van der Waals surface area contributed by atoms with E-state index in [1.807, 2.05) is 29.9 Å². The average molecular weight is 283 g/mol. The Morgan fingerprint density at radius 3 is 2.90 bits per heavy atom. The first-order valence-corrected chi connectivity index (χ1v) is 7.36. The van der Waals surface area contributed by atoms with Gasteiger partial charge >= 0.3 is 0 Å². The van der Waals surface area contributed by atoms with E-state index in [1.54, 1.807) is 0 Å². The molecule has 1 unspecified atom stereocenters. The first-order chi connectivity index (χ1) is 10.2. The molecule has 0 amide bonds. The van der Waals surface area contributed by atoms with Crippen molar-refractivity contribution >= 4 is 11.0 Å². The second kappa shape index (κ2) is 5.69. The third-order valence-corrected chi connectivity index (χ3v) is 3.74. The molecule has 2 aromatic heterocycles. The number of nitrogens with one attached hydrogen (secondary N) is 2. The first-order valence-electron chi connectivity index (χ1n) is 7.36. The molecule has 21 heavy (non-hydrogen) atoms. The van der Waals surface area contributed by atoms with Crippen LogP contribution in [0.25, 0.3) is 11.0 Å². The van der Waals surface area contributed by atoms with Crippen LogP contribution in [0.15, 0.2) is 30.5 Å². The van der Waals surface area contributed by atoms with E-state index in [0.717, 1.165) is 35.5 Å². The van der Waals surface area contributed by atoms with Crippen LogP contribution in [0.1, 0.15) is 37.0 Å². The number of hydrogen-bond acceptors (Lipinski definition) is 3. The predicted molar refractivity (Wildman–Crippen MR) is 83.9 cm³/mol. The SMILES string of the molecule is CCc1nn(C)cc1CNC(C)c1nc2ccccc2[nH]1. The average Bonchev–Trinajstić information content (AvgIpc) is 3.07. The molecule has 0 aliphatic heterocycles. The first kappa shape index (κ1) is 13.8. The van der Waals surface area contributed by atoms with E-state index in [1.165, 1.54) is 5.56 Å². The summed E-state index contributed by atoms with van der Waals surface area (Å²) in [6.07, 6.45) is 3.04. The number of imidazole rings is 1. The van der Waals surface area contributed by atoms with Gasteiger partial charge in [0.2, 0.25) is 0 Å². The number of aromatic amines is 1. The molecule has 3 aromatic rings. The Balaban J connectivity index is 1.72. The molecule has 0 bridgehead atoms. The van der Waals surface area contributed by atoms with Crippen molar-refractivity contribution in [2.75, 3.05) is 0 Å². The lowest BCUT2D eigenvalue weighted by atomic mass is 10.2. The Bertz CT molecular complexity index is 707. The summed E-state index contributed by atoms with van der Waals surface area (Å²) in [5, 5.41) is 7.98. The molecule has 0 fully saturated rings. The summed E-state index contributed by atoms with van der Waals surface area (Å²) in [7, 11) is 1.96. The van der Waals surface area contributed by atoms with Crippen LogP contribution in [0.4, 0.5) is 0 Å². The van der Waals surface area contributed by atoms with Crippen LogP contribution in [-0.2, 0) is 20.0 Å². The van der Waals surface area contributed by atoms with E-state index < -0.39 is 0 Å². The Morgan fingerprint density at radius 1 is 1.33 bits per heavy atom. The zero-order chi connectivity index (χ0) is 14.8. The molecule has 2 N–H and O–H groups in total. The van der Waals surface area contributed by atoms with Crippen molar-refractivity contribution in [3.63, 3.8) is 0 Å². The van der Waals surface area contributed by atoms with Gasteiger partial charge in [0.05, 0.1) is 22.8 Å². The number of fused-ring (bicyclic) bond motifs is 1. The van der Waals surface area contributed by atoms with Crippen molar-refractivity contribution < 1.29 is 0 Å². The van der Waals surface area contributed by atoms with Gasteiger partial charge in [0.1, 0.15) is 5.82 Å². The van der Waals surface area contributed by atoms with Crippen molar-refractivity contribution in [2.45, 2.75) is 32.9 Å². The van der Waals surface area contributed by atoms with Gasteiger partial charge in [-0.05, 0) is 25.5 Å². The largest absolute Gasteiger partial charge is 0.341 e. The number of hydrogen-bond donors (Lipinski definition) is 2. The van der Waals surface area contributed by atoms with Gasteiger partial charge in [0, 0.05) is 25.4 Å². The van der Waals surface area contributed by atoms with Gasteiger partial charge in [0.15, 0.2) is 0 Å². The molecule has 2 heterocycles. The normalized spacial score (nSPS) is 12.9.